The molecule has 0 fully saturated rings. The van der Waals surface area contributed by atoms with Gasteiger partial charge in [-0.3, -0.25) is 0 Å². The zero-order valence-corrected chi connectivity index (χ0v) is 15.1. The van der Waals surface area contributed by atoms with Gasteiger partial charge < -0.3 is 0 Å². The Morgan fingerprint density at radius 3 is 2.15 bits per heavy atom. The fraction of sp³-hybridized carbons (Fsp3) is 0. The van der Waals surface area contributed by atoms with Crippen LogP contribution in [0.4, 0.5) is 0 Å². The minimum Gasteiger partial charge on any atom is -0.208 e. The highest BCUT2D eigenvalue weighted by atomic mass is 35.5. The van der Waals surface area contributed by atoms with Gasteiger partial charge in [-0.25, -0.2) is 4.98 Å². The Morgan fingerprint density at radius 2 is 1.31 bits per heavy atom. The molecule has 5 rings (SSSR count). The summed E-state index contributed by atoms with van der Waals surface area (Å²) < 4.78 is 2.52. The van der Waals surface area contributed by atoms with Gasteiger partial charge in [0.1, 0.15) is 0 Å². The standard InChI is InChI=1S/C21H12ClN3S/c22-21-24-19(13-6-2-1-3-7-13)23-20(25-21)14-10-11-18-16(12-14)15-8-4-5-9-17(15)26-18/h1-12H. The Balaban J connectivity index is 1.70. The van der Waals surface area contributed by atoms with Crippen molar-refractivity contribution < 1.29 is 0 Å². The van der Waals surface area contributed by atoms with Gasteiger partial charge >= 0.3 is 0 Å². The van der Waals surface area contributed by atoms with E-state index in [1.165, 1.54) is 20.2 Å². The Morgan fingerprint density at radius 1 is 0.615 bits per heavy atom. The Bertz CT molecular complexity index is 1250. The van der Waals surface area contributed by atoms with E-state index in [1.54, 1.807) is 11.3 Å². The number of thiophene rings is 1. The zero-order valence-electron chi connectivity index (χ0n) is 13.6. The second-order valence-electron chi connectivity index (χ2n) is 5.93. The molecule has 0 aliphatic carbocycles. The summed E-state index contributed by atoms with van der Waals surface area (Å²) in [5.74, 6) is 1.16. The monoisotopic (exact) mass is 373 g/mol. The molecule has 3 aromatic carbocycles. The van der Waals surface area contributed by atoms with Crippen LogP contribution in [-0.4, -0.2) is 15.0 Å². The highest BCUT2D eigenvalue weighted by molar-refractivity contribution is 7.25. The highest BCUT2D eigenvalue weighted by Crippen LogP contribution is 2.35. The first-order valence-corrected chi connectivity index (χ1v) is 9.36. The lowest BCUT2D eigenvalue weighted by Gasteiger charge is -2.05. The third kappa shape index (κ3) is 2.64. The van der Waals surface area contributed by atoms with E-state index in [1.807, 2.05) is 36.4 Å². The van der Waals surface area contributed by atoms with Gasteiger partial charge in [0.15, 0.2) is 11.6 Å². The Hall–Kier alpha value is -2.82. The van der Waals surface area contributed by atoms with Crippen molar-refractivity contribution in [2.75, 3.05) is 0 Å². The van der Waals surface area contributed by atoms with Gasteiger partial charge in [0.2, 0.25) is 5.28 Å². The molecular formula is C21H12ClN3S. The molecule has 3 nitrogen and oxygen atoms in total. The van der Waals surface area contributed by atoms with Crippen molar-refractivity contribution in [3.05, 3.63) is 78.1 Å². The van der Waals surface area contributed by atoms with Crippen LogP contribution in [0.5, 0.6) is 0 Å². The number of benzene rings is 3. The van der Waals surface area contributed by atoms with Crippen LogP contribution in [0.2, 0.25) is 5.28 Å². The van der Waals surface area contributed by atoms with Crippen LogP contribution in [0.3, 0.4) is 0 Å². The van der Waals surface area contributed by atoms with Gasteiger partial charge in [-0.05, 0) is 35.9 Å². The van der Waals surface area contributed by atoms with Crippen molar-refractivity contribution in [1.29, 1.82) is 0 Å². The molecule has 0 N–H and O–H groups in total. The molecule has 124 valence electrons. The molecule has 0 saturated carbocycles. The smallest absolute Gasteiger partial charge is 0.208 e. The number of aromatic nitrogens is 3. The molecule has 0 aliphatic heterocycles. The van der Waals surface area contributed by atoms with Crippen LogP contribution in [0.1, 0.15) is 0 Å². The van der Waals surface area contributed by atoms with Crippen molar-refractivity contribution >= 4 is 43.1 Å². The molecule has 2 aromatic heterocycles. The summed E-state index contributed by atoms with van der Waals surface area (Å²) in [6.45, 7) is 0. The van der Waals surface area contributed by atoms with Crippen molar-refractivity contribution in [2.45, 2.75) is 0 Å². The Labute approximate surface area is 159 Å². The van der Waals surface area contributed by atoms with Gasteiger partial charge in [0.05, 0.1) is 0 Å². The van der Waals surface area contributed by atoms with Gasteiger partial charge in [0, 0.05) is 31.3 Å². The van der Waals surface area contributed by atoms with Crippen molar-refractivity contribution in [1.82, 2.24) is 15.0 Å². The summed E-state index contributed by atoms with van der Waals surface area (Å²) in [4.78, 5) is 13.3. The maximum atomic E-state index is 6.18. The normalized spacial score (nSPS) is 11.3. The van der Waals surface area contributed by atoms with Crippen LogP contribution in [0.15, 0.2) is 72.8 Å². The maximum absolute atomic E-state index is 6.18. The molecule has 26 heavy (non-hydrogen) atoms. The summed E-state index contributed by atoms with van der Waals surface area (Å²) >= 11 is 7.97. The lowest BCUT2D eigenvalue weighted by molar-refractivity contribution is 1.07. The summed E-state index contributed by atoms with van der Waals surface area (Å²) in [5.41, 5.74) is 1.85. The first kappa shape index (κ1) is 15.4. The molecule has 0 amide bonds. The fourth-order valence-electron chi connectivity index (χ4n) is 3.06. The fourth-order valence-corrected chi connectivity index (χ4v) is 4.31. The molecule has 0 radical (unpaired) electrons. The minimum absolute atomic E-state index is 0.198. The molecular weight excluding hydrogens is 362 g/mol. The van der Waals surface area contributed by atoms with Crippen molar-refractivity contribution in [3.63, 3.8) is 0 Å². The quantitative estimate of drug-likeness (QED) is 0.368. The van der Waals surface area contributed by atoms with E-state index in [0.717, 1.165) is 11.1 Å². The average molecular weight is 374 g/mol. The summed E-state index contributed by atoms with van der Waals surface area (Å²) in [7, 11) is 0. The molecule has 5 aromatic rings. The largest absolute Gasteiger partial charge is 0.226 e. The van der Waals surface area contributed by atoms with Crippen molar-refractivity contribution in [3.8, 4) is 22.8 Å². The molecule has 2 heterocycles. The van der Waals surface area contributed by atoms with Crippen LogP contribution in [-0.2, 0) is 0 Å². The average Bonchev–Trinajstić information content (AvgIpc) is 3.06. The predicted octanol–water partition coefficient (Wildman–Crippen LogP) is 6.23. The third-order valence-electron chi connectivity index (χ3n) is 4.28. The van der Waals surface area contributed by atoms with Gasteiger partial charge in [0.25, 0.3) is 0 Å². The van der Waals surface area contributed by atoms with E-state index in [9.17, 15) is 0 Å². The first-order chi connectivity index (χ1) is 12.8. The van der Waals surface area contributed by atoms with E-state index < -0.39 is 0 Å². The van der Waals surface area contributed by atoms with Crippen LogP contribution >= 0.6 is 22.9 Å². The topological polar surface area (TPSA) is 38.7 Å². The summed E-state index contributed by atoms with van der Waals surface area (Å²) in [5, 5.41) is 2.66. The zero-order chi connectivity index (χ0) is 17.5. The second kappa shape index (κ2) is 6.16. The van der Waals surface area contributed by atoms with E-state index in [4.69, 9.17) is 11.6 Å². The van der Waals surface area contributed by atoms with E-state index in [0.29, 0.717) is 11.6 Å². The molecule has 0 unspecified atom stereocenters. The third-order valence-corrected chi connectivity index (χ3v) is 5.60. The highest BCUT2D eigenvalue weighted by Gasteiger charge is 2.11. The molecule has 0 saturated heterocycles. The SMILES string of the molecule is Clc1nc(-c2ccccc2)nc(-c2ccc3sc4ccccc4c3c2)n1. The van der Waals surface area contributed by atoms with E-state index in [-0.39, 0.29) is 5.28 Å². The van der Waals surface area contributed by atoms with Gasteiger partial charge in [-0.2, -0.15) is 9.97 Å². The van der Waals surface area contributed by atoms with E-state index >= 15 is 0 Å². The van der Waals surface area contributed by atoms with Crippen LogP contribution in [0.25, 0.3) is 42.9 Å². The number of halogens is 1. The predicted molar refractivity (Wildman–Crippen MR) is 109 cm³/mol. The van der Waals surface area contributed by atoms with E-state index in [2.05, 4.69) is 51.4 Å². The molecule has 0 atom stereocenters. The lowest BCUT2D eigenvalue weighted by atomic mass is 10.1. The molecule has 0 bridgehead atoms. The van der Waals surface area contributed by atoms with Crippen LogP contribution in [0, 0.1) is 0 Å². The van der Waals surface area contributed by atoms with Crippen molar-refractivity contribution in [2.24, 2.45) is 0 Å². The van der Waals surface area contributed by atoms with Gasteiger partial charge in [-0.1, -0.05) is 48.5 Å². The number of rotatable bonds is 2. The molecule has 0 spiro atoms. The van der Waals surface area contributed by atoms with Gasteiger partial charge in [-0.15, -0.1) is 11.3 Å². The number of fused-ring (bicyclic) bond motifs is 3. The van der Waals surface area contributed by atoms with Crippen LogP contribution < -0.4 is 0 Å². The molecule has 5 heteroatoms. The number of hydrogen-bond acceptors (Lipinski definition) is 4. The lowest BCUT2D eigenvalue weighted by Crippen LogP contribution is -1.97. The number of nitrogens with zero attached hydrogens (tertiary/aromatic N) is 3. The maximum Gasteiger partial charge on any atom is 0.226 e. The number of hydrogen-bond donors (Lipinski definition) is 0. The summed E-state index contributed by atoms with van der Waals surface area (Å²) in [6.07, 6.45) is 0. The Kier molecular flexibility index (Phi) is 3.66. The minimum atomic E-state index is 0.198. The second-order valence-corrected chi connectivity index (χ2v) is 7.35. The summed E-state index contributed by atoms with van der Waals surface area (Å²) in [6, 6.07) is 24.5. The molecule has 0 aliphatic rings. The first-order valence-electron chi connectivity index (χ1n) is 8.16.